The minimum Gasteiger partial charge on any atom is -0.352 e. The van der Waals surface area contributed by atoms with Crippen LogP contribution in [0.5, 0.6) is 0 Å². The number of thiocarbonyl (C=S) groups is 1. The topological polar surface area (TPSA) is 44.3 Å². The summed E-state index contributed by atoms with van der Waals surface area (Å²) in [5.41, 5.74) is 3.96. The largest absolute Gasteiger partial charge is 0.352 e. The van der Waals surface area contributed by atoms with Gasteiger partial charge in [-0.15, -0.1) is 11.3 Å². The molecule has 0 bridgehead atoms. The van der Waals surface area contributed by atoms with Crippen LogP contribution in [0.2, 0.25) is 0 Å². The monoisotopic (exact) mass is 491 g/mol. The van der Waals surface area contributed by atoms with Gasteiger partial charge in [-0.05, 0) is 73.9 Å². The van der Waals surface area contributed by atoms with E-state index in [1.165, 1.54) is 59.3 Å². The van der Waals surface area contributed by atoms with E-state index in [2.05, 4.69) is 53.2 Å². The number of thiophene rings is 1. The molecule has 1 N–H and O–H groups in total. The summed E-state index contributed by atoms with van der Waals surface area (Å²) in [7, 11) is 0. The van der Waals surface area contributed by atoms with Crippen molar-refractivity contribution in [3.05, 3.63) is 46.1 Å². The molecule has 2 aliphatic carbocycles. The number of para-hydroxylation sites is 1. The van der Waals surface area contributed by atoms with Crippen molar-refractivity contribution in [3.63, 3.8) is 0 Å². The maximum atomic E-state index is 5.81. The van der Waals surface area contributed by atoms with Crippen molar-refractivity contribution in [2.45, 2.75) is 58.3 Å². The molecule has 3 heterocycles. The molecular formula is C27H33N5S2. The summed E-state index contributed by atoms with van der Waals surface area (Å²) in [6.07, 6.45) is 7.11. The SMILES string of the molecule is CCc1ccccc1NC(=S)N1CCN(c2nc(C3CC3)nc3sc4c(c23)CCC(C)C4)CC1. The van der Waals surface area contributed by atoms with E-state index in [0.29, 0.717) is 5.92 Å². The summed E-state index contributed by atoms with van der Waals surface area (Å²) in [6.45, 7) is 8.26. The van der Waals surface area contributed by atoms with Gasteiger partial charge < -0.3 is 15.1 Å². The number of hydrogen-bond donors (Lipinski definition) is 1. The van der Waals surface area contributed by atoms with Gasteiger partial charge in [-0.2, -0.15) is 0 Å². The predicted octanol–water partition coefficient (Wildman–Crippen LogP) is 5.77. The van der Waals surface area contributed by atoms with Crippen LogP contribution >= 0.6 is 23.6 Å². The Morgan fingerprint density at radius 3 is 2.68 bits per heavy atom. The Morgan fingerprint density at radius 1 is 1.12 bits per heavy atom. The predicted molar refractivity (Wildman–Crippen MR) is 146 cm³/mol. The molecule has 1 atom stereocenters. The van der Waals surface area contributed by atoms with Gasteiger partial charge in [-0.25, -0.2) is 9.97 Å². The molecule has 7 heteroatoms. The highest BCUT2D eigenvalue weighted by molar-refractivity contribution is 7.80. The number of benzene rings is 1. The van der Waals surface area contributed by atoms with Gasteiger partial charge in [0.25, 0.3) is 0 Å². The van der Waals surface area contributed by atoms with Crippen LogP contribution in [0.15, 0.2) is 24.3 Å². The number of anilines is 2. The van der Waals surface area contributed by atoms with Crippen LogP contribution in [0.25, 0.3) is 10.2 Å². The van der Waals surface area contributed by atoms with Crippen molar-refractivity contribution in [2.75, 3.05) is 36.4 Å². The number of piperazine rings is 1. The van der Waals surface area contributed by atoms with Gasteiger partial charge in [-0.3, -0.25) is 0 Å². The molecule has 0 radical (unpaired) electrons. The van der Waals surface area contributed by atoms with Crippen molar-refractivity contribution >= 4 is 50.4 Å². The summed E-state index contributed by atoms with van der Waals surface area (Å²) in [6, 6.07) is 8.46. The number of aryl methyl sites for hydroxylation is 2. The maximum Gasteiger partial charge on any atom is 0.173 e. The average molecular weight is 492 g/mol. The highest BCUT2D eigenvalue weighted by atomic mass is 32.1. The quantitative estimate of drug-likeness (QED) is 0.467. The molecule has 0 amide bonds. The Bertz CT molecular complexity index is 1220. The molecule has 1 saturated heterocycles. The first-order valence-corrected chi connectivity index (χ1v) is 14.0. The zero-order valence-electron chi connectivity index (χ0n) is 20.1. The highest BCUT2D eigenvalue weighted by Gasteiger charge is 2.32. The van der Waals surface area contributed by atoms with Crippen molar-refractivity contribution in [3.8, 4) is 0 Å². The molecule has 3 aromatic rings. The lowest BCUT2D eigenvalue weighted by molar-refractivity contribution is 0.390. The molecule has 3 aliphatic rings. The zero-order valence-corrected chi connectivity index (χ0v) is 21.8. The summed E-state index contributed by atoms with van der Waals surface area (Å²) in [5.74, 6) is 3.60. The number of nitrogens with zero attached hydrogens (tertiary/aromatic N) is 4. The van der Waals surface area contributed by atoms with E-state index in [1.54, 1.807) is 4.88 Å². The number of hydrogen-bond acceptors (Lipinski definition) is 5. The molecule has 34 heavy (non-hydrogen) atoms. The second kappa shape index (κ2) is 9.08. The fourth-order valence-corrected chi connectivity index (χ4v) is 7.04. The average Bonchev–Trinajstić information content (AvgIpc) is 3.64. The van der Waals surface area contributed by atoms with E-state index < -0.39 is 0 Å². The Hall–Kier alpha value is -2.25. The number of nitrogens with one attached hydrogen (secondary N) is 1. The number of fused-ring (bicyclic) bond motifs is 3. The normalized spacial score (nSPS) is 20.5. The van der Waals surface area contributed by atoms with Crippen LogP contribution in [-0.2, 0) is 19.3 Å². The van der Waals surface area contributed by atoms with Crippen LogP contribution in [0.3, 0.4) is 0 Å². The third kappa shape index (κ3) is 4.17. The summed E-state index contributed by atoms with van der Waals surface area (Å²) in [4.78, 5) is 17.9. The lowest BCUT2D eigenvalue weighted by Crippen LogP contribution is -2.50. The first-order chi connectivity index (χ1) is 16.6. The van der Waals surface area contributed by atoms with Gasteiger partial charge in [0.2, 0.25) is 0 Å². The number of aromatic nitrogens is 2. The van der Waals surface area contributed by atoms with Crippen LogP contribution in [0, 0.1) is 5.92 Å². The third-order valence-corrected chi connectivity index (χ3v) is 9.11. The van der Waals surface area contributed by atoms with Gasteiger partial charge in [0.05, 0.1) is 5.39 Å². The van der Waals surface area contributed by atoms with Gasteiger partial charge in [-0.1, -0.05) is 32.0 Å². The lowest BCUT2D eigenvalue weighted by atomic mass is 9.89. The Labute approximate surface area is 211 Å². The third-order valence-electron chi connectivity index (χ3n) is 7.60. The van der Waals surface area contributed by atoms with Crippen LogP contribution in [0.4, 0.5) is 11.5 Å². The van der Waals surface area contributed by atoms with Crippen molar-refractivity contribution in [2.24, 2.45) is 5.92 Å². The molecule has 1 unspecified atom stereocenters. The van der Waals surface area contributed by atoms with Crippen molar-refractivity contribution < 1.29 is 0 Å². The van der Waals surface area contributed by atoms with E-state index in [-0.39, 0.29) is 0 Å². The molecule has 1 saturated carbocycles. The number of rotatable bonds is 4. The molecule has 178 valence electrons. The zero-order chi connectivity index (χ0) is 23.2. The van der Waals surface area contributed by atoms with Gasteiger partial charge in [0, 0.05) is 42.7 Å². The van der Waals surface area contributed by atoms with Crippen molar-refractivity contribution in [1.82, 2.24) is 14.9 Å². The highest BCUT2D eigenvalue weighted by Crippen LogP contribution is 2.44. The van der Waals surface area contributed by atoms with Crippen LogP contribution in [-0.4, -0.2) is 46.2 Å². The fourth-order valence-electron chi connectivity index (χ4n) is 5.36. The van der Waals surface area contributed by atoms with E-state index in [4.69, 9.17) is 22.2 Å². The Morgan fingerprint density at radius 2 is 1.91 bits per heavy atom. The first kappa shape index (κ1) is 22.2. The molecule has 1 aromatic carbocycles. The van der Waals surface area contributed by atoms with Gasteiger partial charge in [0.1, 0.15) is 16.5 Å². The fraction of sp³-hybridized carbons (Fsp3) is 0.519. The molecule has 2 aromatic heterocycles. The van der Waals surface area contributed by atoms with E-state index in [9.17, 15) is 0 Å². The Balaban J connectivity index is 1.23. The van der Waals surface area contributed by atoms with Crippen LogP contribution < -0.4 is 10.2 Å². The molecule has 6 rings (SSSR count). The first-order valence-electron chi connectivity index (χ1n) is 12.8. The van der Waals surface area contributed by atoms with Gasteiger partial charge in [0.15, 0.2) is 5.11 Å². The molecule has 5 nitrogen and oxygen atoms in total. The van der Waals surface area contributed by atoms with E-state index in [1.807, 2.05) is 11.3 Å². The summed E-state index contributed by atoms with van der Waals surface area (Å²) in [5, 5.41) is 5.68. The molecule has 2 fully saturated rings. The minimum atomic E-state index is 0.568. The summed E-state index contributed by atoms with van der Waals surface area (Å²) >= 11 is 7.74. The second-order valence-electron chi connectivity index (χ2n) is 10.1. The maximum absolute atomic E-state index is 5.81. The second-order valence-corrected chi connectivity index (χ2v) is 11.6. The minimum absolute atomic E-state index is 0.568. The summed E-state index contributed by atoms with van der Waals surface area (Å²) < 4.78 is 0. The van der Waals surface area contributed by atoms with E-state index in [0.717, 1.165) is 55.1 Å². The van der Waals surface area contributed by atoms with Gasteiger partial charge >= 0.3 is 0 Å². The lowest BCUT2D eigenvalue weighted by Gasteiger charge is -2.37. The standard InChI is InChI=1S/C27H33N5S2/c1-3-18-6-4-5-7-21(18)28-27(33)32-14-12-31(13-15-32)25-23-20-11-8-17(2)16-22(20)34-26(23)30-24(29-25)19-9-10-19/h4-7,17,19H,3,8-16H2,1-2H3,(H,28,33). The molecular weight excluding hydrogens is 458 g/mol. The van der Waals surface area contributed by atoms with E-state index >= 15 is 0 Å². The smallest absolute Gasteiger partial charge is 0.173 e. The Kier molecular flexibility index (Phi) is 5.94. The van der Waals surface area contributed by atoms with Crippen LogP contribution in [0.1, 0.15) is 60.9 Å². The molecule has 1 aliphatic heterocycles. The molecule has 0 spiro atoms. The van der Waals surface area contributed by atoms with Crippen molar-refractivity contribution in [1.29, 1.82) is 0 Å².